The molecule has 4 N–H and O–H groups in total. The summed E-state index contributed by atoms with van der Waals surface area (Å²) in [7, 11) is 0. The molecule has 7 heteroatoms. The van der Waals surface area contributed by atoms with Gasteiger partial charge in [-0.05, 0) is 56.5 Å². The molecule has 166 valence electrons. The maximum Gasteiger partial charge on any atom is 0.259 e. The maximum atomic E-state index is 13.5. The SMILES string of the molecule is C#CCNC(=O)c1ccc2c(c1)N(C[C@H]1CC[C@H](N)CO1)C(=O)/C2=C\c1[nH]c(C)cc1C. The van der Waals surface area contributed by atoms with Crippen molar-refractivity contribution < 1.29 is 14.3 Å². The van der Waals surface area contributed by atoms with Crippen LogP contribution in [0, 0.1) is 26.2 Å². The van der Waals surface area contributed by atoms with Gasteiger partial charge in [-0.2, -0.15) is 0 Å². The number of terminal acetylenes is 1. The zero-order valence-electron chi connectivity index (χ0n) is 18.4. The Morgan fingerprint density at radius 1 is 1.38 bits per heavy atom. The van der Waals surface area contributed by atoms with Gasteiger partial charge in [0.15, 0.2) is 0 Å². The molecule has 1 aromatic carbocycles. The van der Waals surface area contributed by atoms with Crippen LogP contribution in [0.4, 0.5) is 5.69 Å². The van der Waals surface area contributed by atoms with Crippen molar-refractivity contribution in [3.8, 4) is 12.3 Å². The quantitative estimate of drug-likeness (QED) is 0.499. The fraction of sp³-hybridized carbons (Fsp3) is 0.360. The monoisotopic (exact) mass is 432 g/mol. The second-order valence-corrected chi connectivity index (χ2v) is 8.43. The Morgan fingerprint density at radius 3 is 2.84 bits per heavy atom. The largest absolute Gasteiger partial charge is 0.375 e. The summed E-state index contributed by atoms with van der Waals surface area (Å²) >= 11 is 0. The number of aromatic amines is 1. The number of fused-ring (bicyclic) bond motifs is 1. The molecule has 1 saturated heterocycles. The van der Waals surface area contributed by atoms with Gasteiger partial charge in [-0.3, -0.25) is 9.59 Å². The Morgan fingerprint density at radius 2 is 2.19 bits per heavy atom. The standard InChI is InChI=1S/C25H28N4O3/c1-4-9-27-24(30)17-5-8-20-21(12-22-15(2)10-16(3)28-22)25(31)29(23(20)11-17)13-19-7-6-18(26)14-32-19/h1,5,8,10-12,18-19,28H,6-7,9,13-14,26H2,2-3H3,(H,27,30)/b21-12-/t18-,19+/m0/s1. The van der Waals surface area contributed by atoms with E-state index in [0.29, 0.717) is 30.0 Å². The molecule has 7 nitrogen and oxygen atoms in total. The summed E-state index contributed by atoms with van der Waals surface area (Å²) in [6, 6.07) is 7.38. The Kier molecular flexibility index (Phi) is 6.17. The lowest BCUT2D eigenvalue weighted by molar-refractivity contribution is -0.113. The van der Waals surface area contributed by atoms with Crippen LogP contribution < -0.4 is 16.0 Å². The second-order valence-electron chi connectivity index (χ2n) is 8.43. The Bertz CT molecular complexity index is 1120. The first-order valence-electron chi connectivity index (χ1n) is 10.8. The van der Waals surface area contributed by atoms with Crippen LogP contribution in [0.3, 0.4) is 0 Å². The number of ether oxygens (including phenoxy) is 1. The van der Waals surface area contributed by atoms with Crippen molar-refractivity contribution >= 4 is 29.2 Å². The first kappa shape index (κ1) is 21.9. The fourth-order valence-electron chi connectivity index (χ4n) is 4.27. The molecule has 2 atom stereocenters. The average Bonchev–Trinajstić information content (AvgIpc) is 3.23. The summed E-state index contributed by atoms with van der Waals surface area (Å²) in [5, 5.41) is 2.68. The topological polar surface area (TPSA) is 100 Å². The molecule has 1 fully saturated rings. The lowest BCUT2D eigenvalue weighted by Gasteiger charge is -2.30. The van der Waals surface area contributed by atoms with E-state index in [2.05, 4.69) is 16.2 Å². The summed E-state index contributed by atoms with van der Waals surface area (Å²) in [6.07, 6.45) is 8.69. The first-order chi connectivity index (χ1) is 15.4. The van der Waals surface area contributed by atoms with E-state index in [4.69, 9.17) is 16.9 Å². The minimum absolute atomic E-state index is 0.0359. The molecule has 0 aliphatic carbocycles. The molecule has 0 spiro atoms. The van der Waals surface area contributed by atoms with Crippen molar-refractivity contribution in [1.82, 2.24) is 10.3 Å². The van der Waals surface area contributed by atoms with Crippen LogP contribution in [-0.4, -0.2) is 48.6 Å². The number of benzene rings is 1. The molecule has 4 rings (SSSR count). The second kappa shape index (κ2) is 9.03. The number of anilines is 1. The van der Waals surface area contributed by atoms with Crippen LogP contribution >= 0.6 is 0 Å². The molecular formula is C25H28N4O3. The highest BCUT2D eigenvalue weighted by atomic mass is 16.5. The fourth-order valence-corrected chi connectivity index (χ4v) is 4.27. The number of nitrogens with two attached hydrogens (primary N) is 1. The molecule has 0 bridgehead atoms. The third-order valence-electron chi connectivity index (χ3n) is 5.94. The van der Waals surface area contributed by atoms with Gasteiger partial charge in [-0.15, -0.1) is 6.42 Å². The molecule has 2 aliphatic heterocycles. The van der Waals surface area contributed by atoms with Gasteiger partial charge in [0.2, 0.25) is 0 Å². The first-order valence-corrected chi connectivity index (χ1v) is 10.8. The average molecular weight is 433 g/mol. The van der Waals surface area contributed by atoms with Crippen molar-refractivity contribution in [2.75, 3.05) is 24.6 Å². The van der Waals surface area contributed by atoms with Crippen molar-refractivity contribution in [3.05, 3.63) is 52.3 Å². The summed E-state index contributed by atoms with van der Waals surface area (Å²) in [6.45, 7) is 5.03. The van der Waals surface area contributed by atoms with Crippen LogP contribution in [0.5, 0.6) is 0 Å². The lowest BCUT2D eigenvalue weighted by atomic mass is 10.0. The van der Waals surface area contributed by atoms with Crippen molar-refractivity contribution in [1.29, 1.82) is 0 Å². The highest BCUT2D eigenvalue weighted by Crippen LogP contribution is 2.39. The van der Waals surface area contributed by atoms with E-state index in [1.807, 2.05) is 32.1 Å². The third-order valence-corrected chi connectivity index (χ3v) is 5.94. The van der Waals surface area contributed by atoms with E-state index in [-0.39, 0.29) is 30.5 Å². The number of carbonyl (C=O) groups excluding carboxylic acids is 2. The number of carbonyl (C=O) groups is 2. The summed E-state index contributed by atoms with van der Waals surface area (Å²) in [5.41, 5.74) is 11.5. The highest BCUT2D eigenvalue weighted by molar-refractivity contribution is 6.36. The number of rotatable bonds is 5. The van der Waals surface area contributed by atoms with Gasteiger partial charge in [0.25, 0.3) is 11.8 Å². The van der Waals surface area contributed by atoms with Crippen molar-refractivity contribution in [3.63, 3.8) is 0 Å². The maximum absolute atomic E-state index is 13.5. The van der Waals surface area contributed by atoms with Crippen LogP contribution in [0.1, 0.15) is 45.7 Å². The van der Waals surface area contributed by atoms with E-state index in [1.54, 1.807) is 17.0 Å². The summed E-state index contributed by atoms with van der Waals surface area (Å²) < 4.78 is 5.88. The van der Waals surface area contributed by atoms with Gasteiger partial charge in [-0.1, -0.05) is 12.0 Å². The van der Waals surface area contributed by atoms with Gasteiger partial charge < -0.3 is 25.7 Å². The Labute approximate surface area is 188 Å². The number of H-pyrrole nitrogens is 1. The third kappa shape index (κ3) is 4.33. The predicted molar refractivity (Wildman–Crippen MR) is 125 cm³/mol. The number of hydrogen-bond acceptors (Lipinski definition) is 4. The van der Waals surface area contributed by atoms with Gasteiger partial charge >= 0.3 is 0 Å². The van der Waals surface area contributed by atoms with E-state index in [0.717, 1.165) is 35.4 Å². The lowest BCUT2D eigenvalue weighted by Crippen LogP contribution is -2.42. The number of hydrogen-bond donors (Lipinski definition) is 3. The molecular weight excluding hydrogens is 404 g/mol. The molecule has 32 heavy (non-hydrogen) atoms. The molecule has 0 unspecified atom stereocenters. The molecule has 0 radical (unpaired) electrons. The predicted octanol–water partition coefficient (Wildman–Crippen LogP) is 2.39. The zero-order chi connectivity index (χ0) is 22.8. The molecule has 1 aromatic heterocycles. The van der Waals surface area contributed by atoms with E-state index in [1.165, 1.54) is 0 Å². The Balaban J connectivity index is 1.71. The number of aryl methyl sites for hydroxylation is 2. The van der Waals surface area contributed by atoms with E-state index < -0.39 is 0 Å². The molecule has 2 aliphatic rings. The van der Waals surface area contributed by atoms with E-state index in [9.17, 15) is 9.59 Å². The molecule has 0 saturated carbocycles. The van der Waals surface area contributed by atoms with Gasteiger partial charge in [0, 0.05) is 28.6 Å². The molecule has 2 amide bonds. The summed E-state index contributed by atoms with van der Waals surface area (Å²) in [4.78, 5) is 31.0. The zero-order valence-corrected chi connectivity index (χ0v) is 18.4. The van der Waals surface area contributed by atoms with Gasteiger partial charge in [0.1, 0.15) is 0 Å². The number of amides is 2. The van der Waals surface area contributed by atoms with Crippen LogP contribution in [0.15, 0.2) is 24.3 Å². The molecule has 2 aromatic rings. The van der Waals surface area contributed by atoms with Gasteiger partial charge in [0.05, 0.1) is 37.1 Å². The van der Waals surface area contributed by atoms with Crippen LogP contribution in [-0.2, 0) is 9.53 Å². The highest BCUT2D eigenvalue weighted by Gasteiger charge is 2.35. The van der Waals surface area contributed by atoms with Gasteiger partial charge in [-0.25, -0.2) is 0 Å². The Hall–Kier alpha value is -3.34. The minimum Gasteiger partial charge on any atom is -0.375 e. The normalized spacial score (nSPS) is 21.5. The van der Waals surface area contributed by atoms with Crippen LogP contribution in [0.25, 0.3) is 11.6 Å². The minimum atomic E-state index is -0.272. The number of aromatic nitrogens is 1. The van der Waals surface area contributed by atoms with Crippen LogP contribution in [0.2, 0.25) is 0 Å². The smallest absolute Gasteiger partial charge is 0.259 e. The summed E-state index contributed by atoms with van der Waals surface area (Å²) in [5.74, 6) is 2.02. The van der Waals surface area contributed by atoms with Crippen molar-refractivity contribution in [2.45, 2.75) is 38.8 Å². The van der Waals surface area contributed by atoms with E-state index >= 15 is 0 Å². The number of nitrogens with zero attached hydrogens (tertiary/aromatic N) is 1. The molecule has 3 heterocycles. The number of nitrogens with one attached hydrogen (secondary N) is 2. The van der Waals surface area contributed by atoms with Crippen molar-refractivity contribution in [2.24, 2.45) is 5.73 Å².